The van der Waals surface area contributed by atoms with Crippen molar-refractivity contribution in [3.05, 3.63) is 35.6 Å². The first-order valence-corrected chi connectivity index (χ1v) is 9.77. The Morgan fingerprint density at radius 2 is 2.04 bits per heavy atom. The molecule has 0 saturated carbocycles. The fraction of sp³-hybridized carbons (Fsp3) is 0.500. The highest BCUT2D eigenvalue weighted by molar-refractivity contribution is 7.98. The van der Waals surface area contributed by atoms with Gasteiger partial charge in [0.05, 0.1) is 7.11 Å². The number of likely N-dealkylation sites (tertiary alicyclic amines) is 1. The van der Waals surface area contributed by atoms with Gasteiger partial charge in [-0.15, -0.1) is 0 Å². The molecular weight excluding hydrogens is 359 g/mol. The van der Waals surface area contributed by atoms with Crippen LogP contribution in [-0.4, -0.2) is 54.4 Å². The van der Waals surface area contributed by atoms with Crippen LogP contribution < -0.4 is 5.32 Å². The molecule has 2 fully saturated rings. The number of hydrogen-bond acceptors (Lipinski definition) is 5. The average molecular weight is 381 g/mol. The summed E-state index contributed by atoms with van der Waals surface area (Å²) in [6.07, 6.45) is 2.26. The zero-order valence-corrected chi connectivity index (χ0v) is 15.7. The monoisotopic (exact) mass is 381 g/mol. The Labute approximate surface area is 155 Å². The fourth-order valence-corrected chi connectivity index (χ4v) is 4.83. The molecule has 0 spiro atoms. The predicted molar refractivity (Wildman–Crippen MR) is 93.6 cm³/mol. The van der Waals surface area contributed by atoms with E-state index in [2.05, 4.69) is 0 Å². The summed E-state index contributed by atoms with van der Waals surface area (Å²) in [5.41, 5.74) is -0.902. The van der Waals surface area contributed by atoms with Crippen molar-refractivity contribution >= 4 is 29.5 Å². The molecular formula is C18H22FN2O4S+. The molecule has 1 aromatic carbocycles. The Bertz CT molecular complexity index is 758. The quantitative estimate of drug-likeness (QED) is 0.588. The van der Waals surface area contributed by atoms with E-state index >= 15 is 0 Å². The largest absolute Gasteiger partial charge is 0.464 e. The molecule has 0 unspecified atom stereocenters. The second-order valence-corrected chi connectivity index (χ2v) is 7.71. The number of fused-ring (bicyclic) bond motifs is 1. The van der Waals surface area contributed by atoms with Gasteiger partial charge in [-0.05, 0) is 18.1 Å². The lowest BCUT2D eigenvalue weighted by atomic mass is 9.78. The molecule has 4 atom stereocenters. The van der Waals surface area contributed by atoms with Crippen LogP contribution in [0.25, 0.3) is 0 Å². The van der Waals surface area contributed by atoms with E-state index in [0.717, 1.165) is 4.90 Å². The highest BCUT2D eigenvalue weighted by Crippen LogP contribution is 2.45. The lowest BCUT2D eigenvalue weighted by Crippen LogP contribution is -2.98. The van der Waals surface area contributed by atoms with Gasteiger partial charge in [-0.3, -0.25) is 14.5 Å². The van der Waals surface area contributed by atoms with Crippen LogP contribution in [0.4, 0.5) is 4.39 Å². The maximum atomic E-state index is 14.5. The van der Waals surface area contributed by atoms with E-state index in [1.54, 1.807) is 35.3 Å². The zero-order chi connectivity index (χ0) is 19.1. The highest BCUT2D eigenvalue weighted by atomic mass is 32.2. The van der Waals surface area contributed by atoms with Crippen molar-refractivity contribution in [2.75, 3.05) is 26.2 Å². The SMILES string of the molecule is COC(=O)[C@]1(CCSC)[NH2+][C@@H](c2ccccc2F)[C@H]2C(=O)N(C)C(=O)[C@H]21. The van der Waals surface area contributed by atoms with E-state index in [1.807, 2.05) is 6.26 Å². The van der Waals surface area contributed by atoms with Crippen molar-refractivity contribution in [3.8, 4) is 0 Å². The number of nitrogens with two attached hydrogens (primary N) is 1. The van der Waals surface area contributed by atoms with E-state index in [9.17, 15) is 18.8 Å². The molecule has 0 bridgehead atoms. The molecule has 2 amide bonds. The van der Waals surface area contributed by atoms with E-state index < -0.39 is 41.1 Å². The second kappa shape index (κ2) is 7.00. The van der Waals surface area contributed by atoms with Crippen molar-refractivity contribution in [3.63, 3.8) is 0 Å². The highest BCUT2D eigenvalue weighted by Gasteiger charge is 2.71. The van der Waals surface area contributed by atoms with Gasteiger partial charge in [0.1, 0.15) is 23.7 Å². The number of halogens is 1. The van der Waals surface area contributed by atoms with E-state index in [0.29, 0.717) is 17.7 Å². The van der Waals surface area contributed by atoms with Crippen LogP contribution in [0.15, 0.2) is 24.3 Å². The summed E-state index contributed by atoms with van der Waals surface area (Å²) in [6, 6.07) is 5.53. The number of methoxy groups -OCH3 is 1. The third kappa shape index (κ3) is 2.63. The molecule has 6 nitrogen and oxygen atoms in total. The van der Waals surface area contributed by atoms with E-state index in [-0.39, 0.29) is 5.91 Å². The number of ether oxygens (including phenoxy) is 1. The molecule has 3 rings (SSSR count). The molecule has 0 radical (unpaired) electrons. The minimum absolute atomic E-state index is 0.328. The number of esters is 1. The first-order chi connectivity index (χ1) is 12.4. The summed E-state index contributed by atoms with van der Waals surface area (Å²) in [6.45, 7) is 0. The molecule has 1 aromatic rings. The van der Waals surface area contributed by atoms with Gasteiger partial charge in [0.25, 0.3) is 0 Å². The smallest absolute Gasteiger partial charge is 0.368 e. The molecule has 2 heterocycles. The van der Waals surface area contributed by atoms with Crippen molar-refractivity contribution in [2.24, 2.45) is 11.8 Å². The average Bonchev–Trinajstić information content (AvgIpc) is 3.10. The van der Waals surface area contributed by atoms with Crippen molar-refractivity contribution in [1.82, 2.24) is 4.90 Å². The van der Waals surface area contributed by atoms with Crippen LogP contribution in [-0.2, 0) is 19.1 Å². The van der Waals surface area contributed by atoms with Gasteiger partial charge < -0.3 is 10.1 Å². The van der Waals surface area contributed by atoms with Gasteiger partial charge in [0.2, 0.25) is 17.4 Å². The third-order valence-electron chi connectivity index (χ3n) is 5.54. The normalized spacial score (nSPS) is 30.6. The first kappa shape index (κ1) is 18.8. The summed E-state index contributed by atoms with van der Waals surface area (Å²) in [7, 11) is 2.69. The summed E-state index contributed by atoms with van der Waals surface area (Å²) in [4.78, 5) is 39.4. The molecule has 2 aliphatic rings. The third-order valence-corrected chi connectivity index (χ3v) is 6.15. The van der Waals surface area contributed by atoms with Crippen LogP contribution in [0, 0.1) is 17.7 Å². The number of hydrogen-bond donors (Lipinski definition) is 1. The van der Waals surface area contributed by atoms with Crippen molar-refractivity contribution in [2.45, 2.75) is 18.0 Å². The Kier molecular flexibility index (Phi) is 5.07. The minimum Gasteiger partial charge on any atom is -0.464 e. The van der Waals surface area contributed by atoms with Gasteiger partial charge in [0.15, 0.2) is 0 Å². The number of carbonyl (C=O) groups is 3. The number of thioether (sulfide) groups is 1. The number of benzene rings is 1. The topological polar surface area (TPSA) is 80.3 Å². The second-order valence-electron chi connectivity index (χ2n) is 6.73. The molecule has 8 heteroatoms. The molecule has 0 aliphatic carbocycles. The van der Waals surface area contributed by atoms with Crippen LogP contribution in [0.5, 0.6) is 0 Å². The van der Waals surface area contributed by atoms with Gasteiger partial charge in [-0.1, -0.05) is 18.2 Å². The molecule has 26 heavy (non-hydrogen) atoms. The number of nitrogens with zero attached hydrogens (tertiary/aromatic N) is 1. The Morgan fingerprint density at radius 3 is 2.65 bits per heavy atom. The summed E-state index contributed by atoms with van der Waals surface area (Å²) < 4.78 is 19.5. The summed E-state index contributed by atoms with van der Waals surface area (Å²) in [5, 5.41) is 1.69. The van der Waals surface area contributed by atoms with E-state index in [4.69, 9.17) is 4.74 Å². The van der Waals surface area contributed by atoms with Crippen molar-refractivity contribution in [1.29, 1.82) is 0 Å². The number of rotatable bonds is 5. The standard InChI is InChI=1S/C18H21FN2O4S/c1-21-15(22)12-13(16(21)23)18(8-9-26-3,17(24)25-2)20-14(12)10-6-4-5-7-11(10)19/h4-7,12-14,20H,8-9H2,1-3H3/p+1/t12-,13-,14-,18+/m0/s1. The van der Waals surface area contributed by atoms with Gasteiger partial charge >= 0.3 is 5.97 Å². The Morgan fingerprint density at radius 1 is 1.35 bits per heavy atom. The molecule has 2 aliphatic heterocycles. The lowest BCUT2D eigenvalue weighted by molar-refractivity contribution is -0.734. The molecule has 0 aromatic heterocycles. The predicted octanol–water partition coefficient (Wildman–Crippen LogP) is 0.340. The van der Waals surface area contributed by atoms with Gasteiger partial charge in [-0.25, -0.2) is 9.18 Å². The van der Waals surface area contributed by atoms with Gasteiger partial charge in [0, 0.05) is 19.0 Å². The summed E-state index contributed by atoms with van der Waals surface area (Å²) >= 11 is 1.54. The number of imide groups is 1. The number of carbonyl (C=O) groups excluding carboxylic acids is 3. The van der Waals surface area contributed by atoms with E-state index in [1.165, 1.54) is 20.2 Å². The lowest BCUT2D eigenvalue weighted by Gasteiger charge is -2.28. The van der Waals surface area contributed by atoms with Crippen molar-refractivity contribution < 1.29 is 28.8 Å². The maximum absolute atomic E-state index is 14.5. The van der Waals surface area contributed by atoms with Crippen LogP contribution in [0.3, 0.4) is 0 Å². The van der Waals surface area contributed by atoms with Gasteiger partial charge in [-0.2, -0.15) is 11.8 Å². The van der Waals surface area contributed by atoms with Crippen LogP contribution in [0.2, 0.25) is 0 Å². The zero-order valence-electron chi connectivity index (χ0n) is 14.9. The number of quaternary nitrogens is 1. The first-order valence-electron chi connectivity index (χ1n) is 8.38. The Balaban J connectivity index is 2.15. The van der Waals surface area contributed by atoms with Crippen LogP contribution in [0.1, 0.15) is 18.0 Å². The Hall–Kier alpha value is -1.93. The molecule has 2 saturated heterocycles. The minimum atomic E-state index is -1.23. The fourth-order valence-electron chi connectivity index (χ4n) is 4.29. The molecule has 140 valence electrons. The number of amides is 2. The molecule has 2 N–H and O–H groups in total. The van der Waals surface area contributed by atoms with Crippen LogP contribution >= 0.6 is 11.8 Å². The maximum Gasteiger partial charge on any atom is 0.368 e. The summed E-state index contributed by atoms with van der Waals surface area (Å²) in [5.74, 6) is -2.80.